The Hall–Kier alpha value is -4.13. The van der Waals surface area contributed by atoms with Gasteiger partial charge in [0.05, 0.1) is 6.04 Å². The third-order valence-corrected chi connectivity index (χ3v) is 7.15. The van der Waals surface area contributed by atoms with Crippen molar-refractivity contribution in [1.82, 2.24) is 20.9 Å². The number of carbonyl (C=O) groups is 4. The standard InChI is InChI=1S/C29H46N8O5/c1-5-17(4)24(28(41)42)37-27(40)23(14-18-15-34-21-10-7-6-9-19(18)21)36-26(39)22(11-8-12-33-29(31)32)35-25(38)20(30)13-16(2)3/h6-7,9-10,15-17,20,22-24,34H,5,8,11-14,30H2,1-4H3,(H,35,38)(H,36,39)(H,37,40)(H,41,42)(H4,31,32,33). The third-order valence-electron chi connectivity index (χ3n) is 7.15. The number of nitrogens with one attached hydrogen (secondary N) is 4. The SMILES string of the molecule is CCC(C)C(NC(=O)C(Cc1c[nH]c2ccccc12)NC(=O)C(CCCN=C(N)N)NC(=O)C(N)CC(C)C)C(=O)O. The molecule has 0 radical (unpaired) electrons. The number of amides is 3. The number of hydrogen-bond donors (Lipinski definition) is 8. The van der Waals surface area contributed by atoms with Gasteiger partial charge in [0.2, 0.25) is 17.7 Å². The first-order valence-electron chi connectivity index (χ1n) is 14.3. The monoisotopic (exact) mass is 586 g/mol. The fourth-order valence-corrected chi connectivity index (χ4v) is 4.60. The van der Waals surface area contributed by atoms with E-state index in [0.717, 1.165) is 16.5 Å². The Morgan fingerprint density at radius 2 is 1.62 bits per heavy atom. The van der Waals surface area contributed by atoms with Crippen molar-refractivity contribution in [2.45, 2.75) is 84.0 Å². The van der Waals surface area contributed by atoms with Gasteiger partial charge in [-0.1, -0.05) is 52.3 Å². The Morgan fingerprint density at radius 3 is 2.24 bits per heavy atom. The van der Waals surface area contributed by atoms with Gasteiger partial charge in [0.1, 0.15) is 18.1 Å². The van der Waals surface area contributed by atoms with Crippen LogP contribution in [0.3, 0.4) is 0 Å². The Bertz CT molecular complexity index is 1240. The summed E-state index contributed by atoms with van der Waals surface area (Å²) in [5.74, 6) is -3.20. The smallest absolute Gasteiger partial charge is 0.326 e. The minimum Gasteiger partial charge on any atom is -0.480 e. The first kappa shape index (κ1) is 34.1. The molecule has 0 fully saturated rings. The van der Waals surface area contributed by atoms with Crippen LogP contribution >= 0.6 is 0 Å². The number of aliphatic carboxylic acids is 1. The van der Waals surface area contributed by atoms with Crippen LogP contribution in [0.4, 0.5) is 0 Å². The van der Waals surface area contributed by atoms with Crippen molar-refractivity contribution in [3.63, 3.8) is 0 Å². The summed E-state index contributed by atoms with van der Waals surface area (Å²) in [5.41, 5.74) is 18.5. The van der Waals surface area contributed by atoms with Crippen molar-refractivity contribution in [2.75, 3.05) is 6.54 Å². The fraction of sp³-hybridized carbons (Fsp3) is 0.552. The number of aliphatic imine (C=N–C) groups is 1. The number of aromatic nitrogens is 1. The highest BCUT2D eigenvalue weighted by Gasteiger charge is 2.32. The number of rotatable bonds is 17. The van der Waals surface area contributed by atoms with Crippen LogP contribution in [0.25, 0.3) is 10.9 Å². The second-order valence-corrected chi connectivity index (χ2v) is 11.1. The molecule has 11 N–H and O–H groups in total. The number of H-pyrrole nitrogens is 1. The lowest BCUT2D eigenvalue weighted by atomic mass is 9.97. The number of hydrogen-bond acceptors (Lipinski definition) is 6. The summed E-state index contributed by atoms with van der Waals surface area (Å²) in [4.78, 5) is 59.0. The minimum absolute atomic E-state index is 0.0793. The molecule has 0 saturated carbocycles. The van der Waals surface area contributed by atoms with Crippen molar-refractivity contribution < 1.29 is 24.3 Å². The molecule has 5 unspecified atom stereocenters. The maximum absolute atomic E-state index is 13.6. The number of carbonyl (C=O) groups excluding carboxylic acids is 3. The number of aromatic amines is 1. The molecule has 1 aromatic heterocycles. The zero-order valence-corrected chi connectivity index (χ0v) is 24.9. The first-order chi connectivity index (χ1) is 19.8. The molecular formula is C29H46N8O5. The van der Waals surface area contributed by atoms with E-state index in [1.165, 1.54) is 0 Å². The Labute approximate surface area is 246 Å². The minimum atomic E-state index is -1.17. The van der Waals surface area contributed by atoms with Crippen LogP contribution in [0.1, 0.15) is 58.9 Å². The molecule has 0 saturated heterocycles. The highest BCUT2D eigenvalue weighted by molar-refractivity contribution is 5.95. The predicted molar refractivity (Wildman–Crippen MR) is 162 cm³/mol. The maximum atomic E-state index is 13.6. The average Bonchev–Trinajstić information content (AvgIpc) is 3.34. The molecule has 232 valence electrons. The molecule has 1 heterocycles. The highest BCUT2D eigenvalue weighted by Crippen LogP contribution is 2.20. The molecule has 13 nitrogen and oxygen atoms in total. The summed E-state index contributed by atoms with van der Waals surface area (Å²) < 4.78 is 0. The van der Waals surface area contributed by atoms with Gasteiger partial charge in [0.25, 0.3) is 0 Å². The van der Waals surface area contributed by atoms with Gasteiger partial charge in [0, 0.05) is 30.1 Å². The topological polar surface area (TPSA) is 231 Å². The fourth-order valence-electron chi connectivity index (χ4n) is 4.60. The van der Waals surface area contributed by atoms with E-state index in [1.807, 2.05) is 45.0 Å². The molecule has 0 aliphatic rings. The van der Waals surface area contributed by atoms with E-state index >= 15 is 0 Å². The lowest BCUT2D eigenvalue weighted by molar-refractivity contribution is -0.143. The molecule has 0 spiro atoms. The van der Waals surface area contributed by atoms with Crippen molar-refractivity contribution in [3.8, 4) is 0 Å². The lowest BCUT2D eigenvalue weighted by Crippen LogP contribution is -2.58. The van der Waals surface area contributed by atoms with Crippen LogP contribution in [0.15, 0.2) is 35.5 Å². The predicted octanol–water partition coefficient (Wildman–Crippen LogP) is 0.723. The molecule has 0 aliphatic carbocycles. The maximum Gasteiger partial charge on any atom is 0.326 e. The number of guanidine groups is 1. The number of benzene rings is 1. The van der Waals surface area contributed by atoms with Crippen molar-refractivity contribution >= 4 is 40.6 Å². The van der Waals surface area contributed by atoms with Crippen LogP contribution < -0.4 is 33.2 Å². The molecule has 5 atom stereocenters. The summed E-state index contributed by atoms with van der Waals surface area (Å²) in [6, 6.07) is 3.37. The van der Waals surface area contributed by atoms with E-state index in [-0.39, 0.29) is 37.2 Å². The summed E-state index contributed by atoms with van der Waals surface area (Å²) >= 11 is 0. The quantitative estimate of drug-likeness (QED) is 0.0746. The van der Waals surface area contributed by atoms with Crippen molar-refractivity contribution in [3.05, 3.63) is 36.0 Å². The van der Waals surface area contributed by atoms with Gasteiger partial charge in [0.15, 0.2) is 5.96 Å². The summed E-state index contributed by atoms with van der Waals surface area (Å²) in [6.45, 7) is 7.66. The molecule has 2 rings (SSSR count). The third kappa shape index (κ3) is 10.4. The first-order valence-corrected chi connectivity index (χ1v) is 14.3. The molecule has 1 aromatic carbocycles. The van der Waals surface area contributed by atoms with E-state index in [0.29, 0.717) is 19.3 Å². The van der Waals surface area contributed by atoms with Gasteiger partial charge < -0.3 is 43.2 Å². The molecule has 0 bridgehead atoms. The van der Waals surface area contributed by atoms with Gasteiger partial charge in [-0.2, -0.15) is 0 Å². The highest BCUT2D eigenvalue weighted by atomic mass is 16.4. The molecule has 0 aliphatic heterocycles. The average molecular weight is 587 g/mol. The second kappa shape index (κ2) is 16.3. The van der Waals surface area contributed by atoms with E-state index in [4.69, 9.17) is 17.2 Å². The number of nitrogens with two attached hydrogens (primary N) is 3. The van der Waals surface area contributed by atoms with Crippen LogP contribution in [0, 0.1) is 11.8 Å². The van der Waals surface area contributed by atoms with E-state index < -0.39 is 47.9 Å². The lowest BCUT2D eigenvalue weighted by Gasteiger charge is -2.26. The number of carboxylic acid groups (broad SMARTS) is 1. The largest absolute Gasteiger partial charge is 0.480 e. The van der Waals surface area contributed by atoms with Crippen molar-refractivity contribution in [1.29, 1.82) is 0 Å². The molecule has 42 heavy (non-hydrogen) atoms. The second-order valence-electron chi connectivity index (χ2n) is 11.1. The van der Waals surface area contributed by atoms with Gasteiger partial charge in [-0.05, 0) is 42.7 Å². The van der Waals surface area contributed by atoms with E-state index in [2.05, 4.69) is 25.9 Å². The zero-order valence-electron chi connectivity index (χ0n) is 24.9. The van der Waals surface area contributed by atoms with Gasteiger partial charge in [-0.25, -0.2) is 4.79 Å². The number of para-hydroxylation sites is 1. The van der Waals surface area contributed by atoms with E-state index in [9.17, 15) is 24.3 Å². The summed E-state index contributed by atoms with van der Waals surface area (Å²) in [5, 5.41) is 18.7. The van der Waals surface area contributed by atoms with Crippen molar-refractivity contribution in [2.24, 2.45) is 34.0 Å². The Kier molecular flexibility index (Phi) is 13.3. The van der Waals surface area contributed by atoms with Crippen LogP contribution in [0.2, 0.25) is 0 Å². The van der Waals surface area contributed by atoms with E-state index in [1.54, 1.807) is 13.1 Å². The molecular weight excluding hydrogens is 540 g/mol. The Balaban J connectivity index is 2.35. The van der Waals surface area contributed by atoms with Crippen LogP contribution in [-0.4, -0.2) is 70.5 Å². The Morgan fingerprint density at radius 1 is 0.976 bits per heavy atom. The molecule has 2 aromatic rings. The normalized spacial score (nSPS) is 14.8. The van der Waals surface area contributed by atoms with Crippen LogP contribution in [-0.2, 0) is 25.6 Å². The number of fused-ring (bicyclic) bond motifs is 1. The summed E-state index contributed by atoms with van der Waals surface area (Å²) in [6.07, 6.45) is 3.32. The molecule has 13 heteroatoms. The zero-order chi connectivity index (χ0) is 31.4. The summed E-state index contributed by atoms with van der Waals surface area (Å²) in [7, 11) is 0. The van der Waals surface area contributed by atoms with Gasteiger partial charge in [-0.15, -0.1) is 0 Å². The molecule has 3 amide bonds. The van der Waals surface area contributed by atoms with Gasteiger partial charge in [-0.3, -0.25) is 19.4 Å². The number of nitrogens with zero attached hydrogens (tertiary/aromatic N) is 1. The van der Waals surface area contributed by atoms with Crippen LogP contribution in [0.5, 0.6) is 0 Å². The number of carboxylic acids is 1. The van der Waals surface area contributed by atoms with Gasteiger partial charge >= 0.3 is 5.97 Å².